The van der Waals surface area contributed by atoms with Gasteiger partial charge in [0.2, 0.25) is 5.91 Å². The molecule has 0 fully saturated rings. The van der Waals surface area contributed by atoms with Crippen molar-refractivity contribution in [2.45, 2.75) is 39.2 Å². The summed E-state index contributed by atoms with van der Waals surface area (Å²) in [5.74, 6) is 0.265. The van der Waals surface area contributed by atoms with Crippen LogP contribution in [0.2, 0.25) is 0 Å². The number of nitrogens with zero attached hydrogens (tertiary/aromatic N) is 2. The van der Waals surface area contributed by atoms with E-state index in [4.69, 9.17) is 0 Å². The first kappa shape index (κ1) is 20.3. The second-order valence-electron chi connectivity index (χ2n) is 7.64. The normalized spacial score (nSPS) is 12.3. The summed E-state index contributed by atoms with van der Waals surface area (Å²) in [4.78, 5) is 25.3. The number of aryl methyl sites for hydroxylation is 2. The number of carbonyl (C=O) groups is 1. The first-order chi connectivity index (χ1) is 14.5. The summed E-state index contributed by atoms with van der Waals surface area (Å²) in [6, 6.07) is 18.1. The fraction of sp³-hybridized carbons (Fsp3) is 0.292. The molecule has 0 aliphatic heterocycles. The standard InChI is InChI=1S/C24H25N3O2S/c1-16(18-9-4-3-5-10-18)15-25-21(28)13-8-14-27-24(29)22-19-11-6-7-12-20(19)30-23(22)17(2)26-27/h3-7,9-12,16H,8,13-15H2,1-2H3,(H,25,28). The molecule has 4 rings (SSSR count). The van der Waals surface area contributed by atoms with E-state index in [1.165, 1.54) is 10.2 Å². The van der Waals surface area contributed by atoms with Crippen LogP contribution in [0.3, 0.4) is 0 Å². The summed E-state index contributed by atoms with van der Waals surface area (Å²) in [5, 5.41) is 9.21. The Bertz CT molecular complexity index is 1240. The monoisotopic (exact) mass is 419 g/mol. The van der Waals surface area contributed by atoms with Gasteiger partial charge in [0.15, 0.2) is 0 Å². The molecule has 0 radical (unpaired) electrons. The van der Waals surface area contributed by atoms with Crippen LogP contribution in [0.1, 0.15) is 36.9 Å². The molecule has 6 heteroatoms. The molecule has 0 aliphatic rings. The van der Waals surface area contributed by atoms with Gasteiger partial charge >= 0.3 is 0 Å². The highest BCUT2D eigenvalue weighted by Gasteiger charge is 2.14. The van der Waals surface area contributed by atoms with Crippen LogP contribution in [-0.2, 0) is 11.3 Å². The molecule has 1 N–H and O–H groups in total. The van der Waals surface area contributed by atoms with E-state index in [0.29, 0.717) is 25.9 Å². The van der Waals surface area contributed by atoms with Crippen molar-refractivity contribution in [1.29, 1.82) is 0 Å². The van der Waals surface area contributed by atoms with Gasteiger partial charge in [-0.1, -0.05) is 55.5 Å². The Balaban J connectivity index is 1.39. The summed E-state index contributed by atoms with van der Waals surface area (Å²) in [7, 11) is 0. The van der Waals surface area contributed by atoms with Crippen molar-refractivity contribution in [2.24, 2.45) is 0 Å². The lowest BCUT2D eigenvalue weighted by Gasteiger charge is -2.13. The average molecular weight is 420 g/mol. The molecule has 1 unspecified atom stereocenters. The van der Waals surface area contributed by atoms with Crippen molar-refractivity contribution in [3.05, 3.63) is 76.2 Å². The summed E-state index contributed by atoms with van der Waals surface area (Å²) >= 11 is 1.61. The van der Waals surface area contributed by atoms with E-state index < -0.39 is 0 Å². The van der Waals surface area contributed by atoms with E-state index in [2.05, 4.69) is 29.5 Å². The number of nitrogens with one attached hydrogen (secondary N) is 1. The van der Waals surface area contributed by atoms with Crippen molar-refractivity contribution in [2.75, 3.05) is 6.54 Å². The number of hydrogen-bond donors (Lipinski definition) is 1. The Morgan fingerprint density at radius 3 is 2.67 bits per heavy atom. The van der Waals surface area contributed by atoms with E-state index in [1.54, 1.807) is 11.3 Å². The van der Waals surface area contributed by atoms with Gasteiger partial charge in [-0.05, 0) is 30.9 Å². The van der Waals surface area contributed by atoms with Gasteiger partial charge in [0, 0.05) is 29.6 Å². The quantitative estimate of drug-likeness (QED) is 0.475. The zero-order chi connectivity index (χ0) is 21.1. The molecule has 0 spiro atoms. The van der Waals surface area contributed by atoms with Gasteiger partial charge in [0.05, 0.1) is 15.8 Å². The molecule has 30 heavy (non-hydrogen) atoms. The van der Waals surface area contributed by atoms with Crippen LogP contribution < -0.4 is 10.9 Å². The number of rotatable bonds is 7. The lowest BCUT2D eigenvalue weighted by molar-refractivity contribution is -0.121. The third-order valence-electron chi connectivity index (χ3n) is 5.39. The van der Waals surface area contributed by atoms with Crippen LogP contribution in [-0.4, -0.2) is 22.2 Å². The lowest BCUT2D eigenvalue weighted by atomic mass is 10.0. The van der Waals surface area contributed by atoms with Crippen molar-refractivity contribution >= 4 is 37.4 Å². The molecule has 1 atom stereocenters. The molecular weight excluding hydrogens is 394 g/mol. The molecule has 2 heterocycles. The zero-order valence-electron chi connectivity index (χ0n) is 17.2. The smallest absolute Gasteiger partial charge is 0.276 e. The van der Waals surface area contributed by atoms with Crippen LogP contribution in [0.15, 0.2) is 59.4 Å². The van der Waals surface area contributed by atoms with E-state index in [1.807, 2.05) is 49.4 Å². The molecule has 2 aromatic heterocycles. The maximum absolute atomic E-state index is 13.0. The van der Waals surface area contributed by atoms with Crippen LogP contribution in [0.4, 0.5) is 0 Å². The Labute approximate surface area is 179 Å². The minimum atomic E-state index is -0.0776. The highest BCUT2D eigenvalue weighted by molar-refractivity contribution is 7.26. The van der Waals surface area contributed by atoms with E-state index in [9.17, 15) is 9.59 Å². The largest absolute Gasteiger partial charge is 0.356 e. The van der Waals surface area contributed by atoms with Crippen molar-refractivity contribution in [3.63, 3.8) is 0 Å². The van der Waals surface area contributed by atoms with Gasteiger partial charge in [-0.15, -0.1) is 11.3 Å². The van der Waals surface area contributed by atoms with Crippen molar-refractivity contribution in [3.8, 4) is 0 Å². The van der Waals surface area contributed by atoms with Gasteiger partial charge in [-0.25, -0.2) is 4.68 Å². The molecule has 0 saturated heterocycles. The Kier molecular flexibility index (Phi) is 5.95. The highest BCUT2D eigenvalue weighted by atomic mass is 32.1. The third-order valence-corrected chi connectivity index (χ3v) is 6.67. The molecule has 0 aliphatic carbocycles. The van der Waals surface area contributed by atoms with E-state index in [-0.39, 0.29) is 17.4 Å². The van der Waals surface area contributed by atoms with Gasteiger partial charge in [0.25, 0.3) is 5.56 Å². The first-order valence-corrected chi connectivity index (χ1v) is 11.1. The average Bonchev–Trinajstić information content (AvgIpc) is 3.16. The molecule has 0 saturated carbocycles. The van der Waals surface area contributed by atoms with Gasteiger partial charge in [-0.3, -0.25) is 9.59 Å². The number of amides is 1. The molecule has 1 amide bonds. The van der Waals surface area contributed by atoms with Crippen molar-refractivity contribution < 1.29 is 4.79 Å². The second-order valence-corrected chi connectivity index (χ2v) is 8.69. The number of fused-ring (bicyclic) bond motifs is 3. The highest BCUT2D eigenvalue weighted by Crippen LogP contribution is 2.32. The topological polar surface area (TPSA) is 64.0 Å². The fourth-order valence-corrected chi connectivity index (χ4v) is 4.84. The van der Waals surface area contributed by atoms with Crippen molar-refractivity contribution in [1.82, 2.24) is 15.1 Å². The Morgan fingerprint density at radius 2 is 1.87 bits per heavy atom. The summed E-state index contributed by atoms with van der Waals surface area (Å²) in [6.45, 7) is 5.07. The molecule has 154 valence electrons. The Hall–Kier alpha value is -2.99. The summed E-state index contributed by atoms with van der Waals surface area (Å²) < 4.78 is 3.56. The predicted octanol–water partition coefficient (Wildman–Crippen LogP) is 4.62. The SMILES string of the molecule is Cc1nn(CCCC(=O)NCC(C)c2ccccc2)c(=O)c2c1sc1ccccc12. The summed E-state index contributed by atoms with van der Waals surface area (Å²) in [6.07, 6.45) is 0.947. The number of thiophene rings is 1. The Morgan fingerprint density at radius 1 is 1.13 bits per heavy atom. The second kappa shape index (κ2) is 8.79. The van der Waals surface area contributed by atoms with Crippen LogP contribution in [0.5, 0.6) is 0 Å². The van der Waals surface area contributed by atoms with E-state index in [0.717, 1.165) is 25.9 Å². The molecule has 5 nitrogen and oxygen atoms in total. The minimum Gasteiger partial charge on any atom is -0.356 e. The van der Waals surface area contributed by atoms with Crippen LogP contribution in [0.25, 0.3) is 20.2 Å². The molecule has 2 aromatic carbocycles. The van der Waals surface area contributed by atoms with Gasteiger partial charge in [0.1, 0.15) is 0 Å². The summed E-state index contributed by atoms with van der Waals surface area (Å²) in [5.41, 5.74) is 1.98. The van der Waals surface area contributed by atoms with Crippen LogP contribution in [0, 0.1) is 6.92 Å². The predicted molar refractivity (Wildman–Crippen MR) is 123 cm³/mol. The minimum absolute atomic E-state index is 0.00427. The maximum atomic E-state index is 13.0. The fourth-order valence-electron chi connectivity index (χ4n) is 3.71. The molecule has 0 bridgehead atoms. The van der Waals surface area contributed by atoms with E-state index >= 15 is 0 Å². The number of hydrogen-bond acceptors (Lipinski definition) is 4. The lowest BCUT2D eigenvalue weighted by Crippen LogP contribution is -2.28. The van der Waals surface area contributed by atoms with Gasteiger partial charge < -0.3 is 5.32 Å². The number of carbonyl (C=O) groups excluding carboxylic acids is 1. The maximum Gasteiger partial charge on any atom is 0.276 e. The third kappa shape index (κ3) is 4.14. The number of aromatic nitrogens is 2. The van der Waals surface area contributed by atoms with Crippen LogP contribution >= 0.6 is 11.3 Å². The zero-order valence-corrected chi connectivity index (χ0v) is 18.0. The first-order valence-electron chi connectivity index (χ1n) is 10.2. The molecule has 4 aromatic rings. The van der Waals surface area contributed by atoms with Gasteiger partial charge in [-0.2, -0.15) is 5.10 Å². The molecular formula is C24H25N3O2S. The number of benzene rings is 2.